The molecule has 1 aliphatic heterocycles. The molecule has 2 N–H and O–H groups in total. The summed E-state index contributed by atoms with van der Waals surface area (Å²) in [6.45, 7) is 0.274. The number of carbonyl (C=O) groups is 2. The molecule has 0 spiro atoms. The van der Waals surface area contributed by atoms with Crippen molar-refractivity contribution in [2.75, 3.05) is 18.6 Å². The highest BCUT2D eigenvalue weighted by Gasteiger charge is 2.53. The van der Waals surface area contributed by atoms with Gasteiger partial charge < -0.3 is 20.1 Å². The Morgan fingerprint density at radius 1 is 1.20 bits per heavy atom. The molecule has 3 aromatic rings. The Balaban J connectivity index is 1.29. The van der Waals surface area contributed by atoms with Crippen molar-refractivity contribution in [1.29, 1.82) is 0 Å². The molecule has 5 rings (SSSR count). The van der Waals surface area contributed by atoms with E-state index >= 15 is 4.39 Å². The molecule has 40 heavy (non-hydrogen) atoms. The maximum atomic E-state index is 15.2. The summed E-state index contributed by atoms with van der Waals surface area (Å²) < 4.78 is 46.8. The van der Waals surface area contributed by atoms with Crippen molar-refractivity contribution in [2.45, 2.75) is 43.8 Å². The number of methoxy groups -OCH3 is 1. The zero-order chi connectivity index (χ0) is 28.6. The Hall–Kier alpha value is -3.70. The summed E-state index contributed by atoms with van der Waals surface area (Å²) in [4.78, 5) is 35.3. The number of hydrogen-bond donors (Lipinski definition) is 2. The van der Waals surface area contributed by atoms with Crippen molar-refractivity contribution in [3.05, 3.63) is 82.0 Å². The van der Waals surface area contributed by atoms with Crippen LogP contribution in [0.2, 0.25) is 5.02 Å². The van der Waals surface area contributed by atoms with Gasteiger partial charge in [0.25, 0.3) is 24.1 Å². The minimum Gasteiger partial charge on any atom is -0.479 e. The van der Waals surface area contributed by atoms with Gasteiger partial charge in [-0.2, -0.15) is 0 Å². The average molecular weight is 575 g/mol. The van der Waals surface area contributed by atoms with E-state index < -0.39 is 35.4 Å². The molecule has 0 bridgehead atoms. The number of pyridine rings is 2. The highest BCUT2D eigenvalue weighted by atomic mass is 35.5. The van der Waals surface area contributed by atoms with Crippen molar-refractivity contribution in [3.8, 4) is 5.88 Å². The van der Waals surface area contributed by atoms with Gasteiger partial charge in [-0.1, -0.05) is 29.8 Å². The van der Waals surface area contributed by atoms with Crippen LogP contribution in [0.15, 0.2) is 48.8 Å². The Bertz CT molecular complexity index is 1450. The summed E-state index contributed by atoms with van der Waals surface area (Å²) in [6, 6.07) is 8.87. The van der Waals surface area contributed by atoms with Gasteiger partial charge >= 0.3 is 0 Å². The van der Waals surface area contributed by atoms with Gasteiger partial charge in [0, 0.05) is 36.1 Å². The van der Waals surface area contributed by atoms with Gasteiger partial charge in [0.1, 0.15) is 5.69 Å². The SMILES string of the molecule is COc1nccc(C2(O)C(=O)N(CC3CCC(NC(=O)c4cc(Cl)cnc4C(F)F)CC3)c3ccccc32)c1F. The fourth-order valence-corrected chi connectivity index (χ4v) is 5.70. The van der Waals surface area contributed by atoms with Gasteiger partial charge in [-0.3, -0.25) is 14.6 Å². The van der Waals surface area contributed by atoms with Crippen LogP contribution >= 0.6 is 11.6 Å². The number of aliphatic hydroxyl groups is 1. The Morgan fingerprint density at radius 2 is 1.93 bits per heavy atom. The molecule has 210 valence electrons. The van der Waals surface area contributed by atoms with Gasteiger partial charge in [0.2, 0.25) is 0 Å². The molecule has 1 fully saturated rings. The number of anilines is 1. The predicted octanol–water partition coefficient (Wildman–Crippen LogP) is 4.79. The van der Waals surface area contributed by atoms with E-state index in [0.29, 0.717) is 31.4 Å². The Morgan fingerprint density at radius 3 is 2.62 bits per heavy atom. The number of amides is 2. The van der Waals surface area contributed by atoms with E-state index in [-0.39, 0.29) is 46.1 Å². The van der Waals surface area contributed by atoms with Crippen molar-refractivity contribution < 1.29 is 32.6 Å². The van der Waals surface area contributed by atoms with Gasteiger partial charge in [-0.15, -0.1) is 0 Å². The molecule has 0 saturated heterocycles. The van der Waals surface area contributed by atoms with Crippen LogP contribution in [-0.2, 0) is 10.4 Å². The first-order chi connectivity index (χ1) is 19.1. The van der Waals surface area contributed by atoms with E-state index in [0.717, 1.165) is 6.20 Å². The van der Waals surface area contributed by atoms with Crippen molar-refractivity contribution >= 4 is 29.1 Å². The number of halogens is 4. The lowest BCUT2D eigenvalue weighted by atomic mass is 9.85. The quantitative estimate of drug-likeness (QED) is 0.421. The number of fused-ring (bicyclic) bond motifs is 1. The second-order valence-corrected chi connectivity index (χ2v) is 10.3. The van der Waals surface area contributed by atoms with Crippen molar-refractivity contribution in [1.82, 2.24) is 15.3 Å². The zero-order valence-corrected chi connectivity index (χ0v) is 22.2. The third kappa shape index (κ3) is 4.88. The highest BCUT2D eigenvalue weighted by molar-refractivity contribution is 6.30. The summed E-state index contributed by atoms with van der Waals surface area (Å²) in [6.07, 6.45) is 1.79. The van der Waals surface area contributed by atoms with Crippen LogP contribution in [0.3, 0.4) is 0 Å². The van der Waals surface area contributed by atoms with Gasteiger partial charge in [0.05, 0.1) is 23.4 Å². The molecular formula is C28H26ClF3N4O4. The zero-order valence-electron chi connectivity index (χ0n) is 21.4. The molecule has 1 aromatic carbocycles. The van der Waals surface area contributed by atoms with Crippen LogP contribution in [0.1, 0.15) is 59.3 Å². The molecule has 8 nitrogen and oxygen atoms in total. The first-order valence-electron chi connectivity index (χ1n) is 12.7. The number of carbonyl (C=O) groups excluding carboxylic acids is 2. The standard InChI is InChI=1S/C28H26ClF3N4O4/c1-40-26-22(30)20(10-11-33-26)28(39)19-4-2-3-5-21(19)36(27(28)38)14-15-6-8-17(9-7-15)35-25(37)18-12-16(29)13-34-23(18)24(31)32/h2-5,10-13,15,17,24,39H,6-9,14H2,1H3,(H,35,37). The van der Waals surface area contributed by atoms with E-state index in [4.69, 9.17) is 16.3 Å². The topological polar surface area (TPSA) is 105 Å². The molecule has 12 heteroatoms. The predicted molar refractivity (Wildman–Crippen MR) is 140 cm³/mol. The number of benzene rings is 1. The van der Waals surface area contributed by atoms with Crippen LogP contribution in [0, 0.1) is 11.7 Å². The molecular weight excluding hydrogens is 549 g/mol. The van der Waals surface area contributed by atoms with Gasteiger partial charge in [-0.05, 0) is 49.8 Å². The van der Waals surface area contributed by atoms with Crippen LogP contribution in [0.5, 0.6) is 5.88 Å². The summed E-state index contributed by atoms with van der Waals surface area (Å²) in [5, 5.41) is 14.6. The van der Waals surface area contributed by atoms with E-state index in [1.807, 2.05) is 0 Å². The number of rotatable bonds is 7. The van der Waals surface area contributed by atoms with Gasteiger partial charge in [0.15, 0.2) is 11.4 Å². The molecule has 1 atom stereocenters. The number of alkyl halides is 2. The number of aromatic nitrogens is 2. The fraction of sp³-hybridized carbons (Fsp3) is 0.357. The summed E-state index contributed by atoms with van der Waals surface area (Å²) in [7, 11) is 1.25. The van der Waals surface area contributed by atoms with E-state index in [1.165, 1.54) is 30.3 Å². The molecule has 2 amide bonds. The van der Waals surface area contributed by atoms with Crippen molar-refractivity contribution in [2.24, 2.45) is 5.92 Å². The smallest absolute Gasteiger partial charge is 0.281 e. The number of ether oxygens (including phenoxy) is 1. The van der Waals surface area contributed by atoms with E-state index in [2.05, 4.69) is 15.3 Å². The van der Waals surface area contributed by atoms with E-state index in [9.17, 15) is 23.5 Å². The first kappa shape index (κ1) is 27.9. The normalized spacial score (nSPS) is 22.4. The van der Waals surface area contributed by atoms with Crippen LogP contribution < -0.4 is 15.0 Å². The summed E-state index contributed by atoms with van der Waals surface area (Å²) >= 11 is 5.87. The molecule has 2 aliphatic rings. The monoisotopic (exact) mass is 574 g/mol. The lowest BCUT2D eigenvalue weighted by Gasteiger charge is -2.32. The first-order valence-corrected chi connectivity index (χ1v) is 13.1. The number of nitrogens with one attached hydrogen (secondary N) is 1. The molecule has 1 unspecified atom stereocenters. The highest BCUT2D eigenvalue weighted by Crippen LogP contribution is 2.46. The molecule has 2 aromatic heterocycles. The van der Waals surface area contributed by atoms with Crippen molar-refractivity contribution in [3.63, 3.8) is 0 Å². The fourth-order valence-electron chi connectivity index (χ4n) is 5.54. The molecule has 3 heterocycles. The largest absolute Gasteiger partial charge is 0.479 e. The van der Waals surface area contributed by atoms with Crippen LogP contribution in [0.25, 0.3) is 0 Å². The maximum Gasteiger partial charge on any atom is 0.281 e. The molecule has 1 saturated carbocycles. The Labute approximate surface area is 233 Å². The minimum atomic E-state index is -2.92. The molecule has 1 aliphatic carbocycles. The second-order valence-electron chi connectivity index (χ2n) is 9.90. The lowest BCUT2D eigenvalue weighted by molar-refractivity contribution is -0.132. The lowest BCUT2D eigenvalue weighted by Crippen LogP contribution is -2.45. The maximum absolute atomic E-state index is 15.2. The number of nitrogens with zero attached hydrogens (tertiary/aromatic N) is 3. The average Bonchev–Trinajstić information content (AvgIpc) is 3.16. The summed E-state index contributed by atoms with van der Waals surface area (Å²) in [5.41, 5.74) is -2.65. The third-order valence-corrected chi connectivity index (χ3v) is 7.75. The summed E-state index contributed by atoms with van der Waals surface area (Å²) in [5.74, 6) is -2.57. The van der Waals surface area contributed by atoms with E-state index in [1.54, 1.807) is 24.3 Å². The minimum absolute atomic E-state index is 0.0220. The number of hydrogen-bond acceptors (Lipinski definition) is 6. The van der Waals surface area contributed by atoms with Crippen LogP contribution in [0.4, 0.5) is 18.9 Å². The van der Waals surface area contributed by atoms with Crippen LogP contribution in [-0.4, -0.2) is 46.6 Å². The Kier molecular flexibility index (Phi) is 7.70. The second kappa shape index (κ2) is 11.1. The third-order valence-electron chi connectivity index (χ3n) is 7.54. The number of para-hydroxylation sites is 1. The molecule has 0 radical (unpaired) electrons. The van der Waals surface area contributed by atoms with Gasteiger partial charge in [-0.25, -0.2) is 18.2 Å².